The summed E-state index contributed by atoms with van der Waals surface area (Å²) in [7, 11) is 0. The summed E-state index contributed by atoms with van der Waals surface area (Å²) in [5, 5.41) is 23.0. The Balaban J connectivity index is 3.69. The summed E-state index contributed by atoms with van der Waals surface area (Å²) in [5.41, 5.74) is 0. The minimum absolute atomic E-state index is 0.0869. The van der Waals surface area contributed by atoms with Gasteiger partial charge in [-0.25, -0.2) is 0 Å². The number of carbonyl (C=O) groups is 1. The second kappa shape index (κ2) is 37.8. The van der Waals surface area contributed by atoms with E-state index in [1.54, 1.807) is 0 Å². The number of amides is 1. The third-order valence-corrected chi connectivity index (χ3v) is 8.84. The largest absolute Gasteiger partial charge is 0.394 e. The highest BCUT2D eigenvalue weighted by atomic mass is 16.3. The fourth-order valence-electron chi connectivity index (χ4n) is 5.76. The highest BCUT2D eigenvalue weighted by Crippen LogP contribution is 2.14. The van der Waals surface area contributed by atoms with Gasteiger partial charge >= 0.3 is 0 Å². The third-order valence-electron chi connectivity index (χ3n) is 8.84. The molecule has 268 valence electrons. The fraction of sp³-hybridized carbons (Fsp3) is 0.786. The van der Waals surface area contributed by atoms with Crippen LogP contribution >= 0.6 is 0 Å². The Kier molecular flexibility index (Phi) is 36.4. The first-order chi connectivity index (χ1) is 22.7. The second-order valence-corrected chi connectivity index (χ2v) is 13.4. The van der Waals surface area contributed by atoms with Gasteiger partial charge in [0.25, 0.3) is 0 Å². The van der Waals surface area contributed by atoms with Gasteiger partial charge in [-0.3, -0.25) is 4.79 Å². The SMILES string of the molecule is CCCCCCCCC/C=C/C/C=C/C/C=C/C/C=C/CCCC(=O)N[C@@H](CO)[C@H](O)CCCCCCCCCCCCCCC. The summed E-state index contributed by atoms with van der Waals surface area (Å²) in [4.78, 5) is 12.3. The number of rotatable bonds is 35. The van der Waals surface area contributed by atoms with Crippen LogP contribution in [0.5, 0.6) is 0 Å². The van der Waals surface area contributed by atoms with Gasteiger partial charge in [-0.2, -0.15) is 0 Å². The first-order valence-corrected chi connectivity index (χ1v) is 19.8. The van der Waals surface area contributed by atoms with Crippen molar-refractivity contribution in [2.45, 2.75) is 206 Å². The van der Waals surface area contributed by atoms with Crippen molar-refractivity contribution in [1.29, 1.82) is 0 Å². The summed E-state index contributed by atoms with van der Waals surface area (Å²) in [5.74, 6) is -0.0869. The maximum Gasteiger partial charge on any atom is 0.220 e. The van der Waals surface area contributed by atoms with E-state index in [1.165, 1.54) is 122 Å². The van der Waals surface area contributed by atoms with E-state index in [2.05, 4.69) is 67.8 Å². The van der Waals surface area contributed by atoms with Gasteiger partial charge in [-0.15, -0.1) is 0 Å². The lowest BCUT2D eigenvalue weighted by Crippen LogP contribution is -2.45. The van der Waals surface area contributed by atoms with Crippen LogP contribution in [0, 0.1) is 0 Å². The van der Waals surface area contributed by atoms with Gasteiger partial charge < -0.3 is 15.5 Å². The molecular weight excluding hydrogens is 566 g/mol. The predicted octanol–water partition coefficient (Wildman–Crippen LogP) is 12.0. The standard InChI is InChI=1S/C42H77NO3/c1-3-5-7-9-11-13-15-17-18-19-20-21-22-23-24-26-28-30-32-34-36-38-42(46)43-40(39-44)41(45)37-35-33-31-29-27-25-16-14-12-10-8-6-4-2/h18-19,21-22,24,26,30,32,40-41,44-45H,3-17,20,23,25,27-29,31,33-39H2,1-2H3,(H,43,46)/b19-18+,22-21+,26-24+,32-30+/t40-,41+/m0/s1. The van der Waals surface area contributed by atoms with Gasteiger partial charge in [0, 0.05) is 6.42 Å². The van der Waals surface area contributed by atoms with Crippen molar-refractivity contribution >= 4 is 5.91 Å². The van der Waals surface area contributed by atoms with Crippen LogP contribution < -0.4 is 5.32 Å². The molecule has 3 N–H and O–H groups in total. The number of unbranched alkanes of at least 4 members (excludes halogenated alkanes) is 20. The molecule has 0 saturated carbocycles. The Labute approximate surface area is 286 Å². The molecule has 0 aliphatic rings. The van der Waals surface area contributed by atoms with Crippen LogP contribution in [-0.2, 0) is 4.79 Å². The average molecular weight is 644 g/mol. The van der Waals surface area contributed by atoms with Crippen molar-refractivity contribution in [3.05, 3.63) is 48.6 Å². The molecule has 0 aromatic rings. The van der Waals surface area contributed by atoms with Gasteiger partial charge in [0.15, 0.2) is 0 Å². The van der Waals surface area contributed by atoms with E-state index in [4.69, 9.17) is 0 Å². The summed E-state index contributed by atoms with van der Waals surface area (Å²) < 4.78 is 0. The number of nitrogens with one attached hydrogen (secondary N) is 1. The molecule has 2 atom stereocenters. The molecule has 0 aromatic carbocycles. The molecule has 0 fully saturated rings. The number of aliphatic hydroxyl groups is 2. The summed E-state index contributed by atoms with van der Waals surface area (Å²) >= 11 is 0. The number of carbonyl (C=O) groups excluding carboxylic acids is 1. The molecule has 0 bridgehead atoms. The molecule has 1 amide bonds. The van der Waals surface area contributed by atoms with Crippen LogP contribution in [0.1, 0.15) is 194 Å². The van der Waals surface area contributed by atoms with E-state index >= 15 is 0 Å². The zero-order chi connectivity index (χ0) is 33.6. The zero-order valence-corrected chi connectivity index (χ0v) is 30.6. The minimum Gasteiger partial charge on any atom is -0.394 e. The van der Waals surface area contributed by atoms with Crippen molar-refractivity contribution in [3.8, 4) is 0 Å². The van der Waals surface area contributed by atoms with Crippen LogP contribution in [0.2, 0.25) is 0 Å². The van der Waals surface area contributed by atoms with Crippen LogP contribution in [0.3, 0.4) is 0 Å². The molecule has 0 radical (unpaired) electrons. The lowest BCUT2D eigenvalue weighted by Gasteiger charge is -2.22. The van der Waals surface area contributed by atoms with Gasteiger partial charge in [-0.1, -0.05) is 184 Å². The Hall–Kier alpha value is -1.65. The fourth-order valence-corrected chi connectivity index (χ4v) is 5.76. The van der Waals surface area contributed by atoms with E-state index in [9.17, 15) is 15.0 Å². The summed E-state index contributed by atoms with van der Waals surface area (Å²) in [6.07, 6.45) is 50.3. The Bertz CT molecular complexity index is 741. The molecule has 0 heterocycles. The van der Waals surface area contributed by atoms with Crippen molar-refractivity contribution in [2.24, 2.45) is 0 Å². The predicted molar refractivity (Wildman–Crippen MR) is 202 cm³/mol. The van der Waals surface area contributed by atoms with Gasteiger partial charge in [0.2, 0.25) is 5.91 Å². The van der Waals surface area contributed by atoms with E-state index in [0.29, 0.717) is 12.8 Å². The lowest BCUT2D eigenvalue weighted by molar-refractivity contribution is -0.123. The van der Waals surface area contributed by atoms with Crippen LogP contribution in [-0.4, -0.2) is 34.9 Å². The van der Waals surface area contributed by atoms with Crippen molar-refractivity contribution in [3.63, 3.8) is 0 Å². The molecule has 4 nitrogen and oxygen atoms in total. The zero-order valence-electron chi connectivity index (χ0n) is 30.6. The molecule has 0 aliphatic carbocycles. The van der Waals surface area contributed by atoms with Crippen LogP contribution in [0.25, 0.3) is 0 Å². The molecule has 0 saturated heterocycles. The van der Waals surface area contributed by atoms with E-state index in [1.807, 2.05) is 0 Å². The molecule has 0 rings (SSSR count). The van der Waals surface area contributed by atoms with Gasteiger partial charge in [-0.05, 0) is 51.4 Å². The molecule has 46 heavy (non-hydrogen) atoms. The number of hydrogen-bond donors (Lipinski definition) is 3. The van der Waals surface area contributed by atoms with E-state index in [-0.39, 0.29) is 12.5 Å². The Morgan fingerprint density at radius 1 is 0.522 bits per heavy atom. The van der Waals surface area contributed by atoms with Crippen molar-refractivity contribution in [1.82, 2.24) is 5.32 Å². The maximum atomic E-state index is 12.3. The Morgan fingerprint density at radius 2 is 0.891 bits per heavy atom. The quantitative estimate of drug-likeness (QED) is 0.0475. The van der Waals surface area contributed by atoms with Crippen molar-refractivity contribution in [2.75, 3.05) is 6.61 Å². The molecule has 4 heteroatoms. The monoisotopic (exact) mass is 644 g/mol. The first-order valence-electron chi connectivity index (χ1n) is 19.8. The van der Waals surface area contributed by atoms with Gasteiger partial charge in [0.05, 0.1) is 18.8 Å². The van der Waals surface area contributed by atoms with E-state index in [0.717, 1.165) is 44.9 Å². The van der Waals surface area contributed by atoms with Crippen LogP contribution in [0.15, 0.2) is 48.6 Å². The molecule has 0 aliphatic heterocycles. The number of hydrogen-bond acceptors (Lipinski definition) is 3. The molecule has 0 spiro atoms. The summed E-state index contributed by atoms with van der Waals surface area (Å²) in [6.45, 7) is 4.32. The highest BCUT2D eigenvalue weighted by Gasteiger charge is 2.19. The topological polar surface area (TPSA) is 69.6 Å². The first kappa shape index (κ1) is 44.4. The normalized spacial score (nSPS) is 13.6. The van der Waals surface area contributed by atoms with Gasteiger partial charge in [0.1, 0.15) is 0 Å². The number of aliphatic hydroxyl groups excluding tert-OH is 2. The maximum absolute atomic E-state index is 12.3. The summed E-state index contributed by atoms with van der Waals surface area (Å²) in [6, 6.07) is -0.564. The third kappa shape index (κ3) is 33.7. The molecule has 0 aromatic heterocycles. The number of allylic oxidation sites excluding steroid dienone is 8. The van der Waals surface area contributed by atoms with E-state index < -0.39 is 12.1 Å². The molecule has 0 unspecified atom stereocenters. The highest BCUT2D eigenvalue weighted by molar-refractivity contribution is 5.76. The van der Waals surface area contributed by atoms with Crippen LogP contribution in [0.4, 0.5) is 0 Å². The smallest absolute Gasteiger partial charge is 0.220 e. The molecular formula is C42H77NO3. The second-order valence-electron chi connectivity index (χ2n) is 13.4. The van der Waals surface area contributed by atoms with Crippen molar-refractivity contribution < 1.29 is 15.0 Å². The Morgan fingerprint density at radius 3 is 1.33 bits per heavy atom. The minimum atomic E-state index is -0.681. The lowest BCUT2D eigenvalue weighted by atomic mass is 10.0. The average Bonchev–Trinajstić information content (AvgIpc) is 3.06.